The van der Waals surface area contributed by atoms with Crippen molar-refractivity contribution in [1.82, 2.24) is 14.9 Å². The molecule has 0 aliphatic carbocycles. The maximum Gasteiger partial charge on any atom is 0.168 e. The summed E-state index contributed by atoms with van der Waals surface area (Å²) in [6.45, 7) is 0.961. The zero-order chi connectivity index (χ0) is 17.6. The van der Waals surface area contributed by atoms with E-state index in [2.05, 4.69) is 9.97 Å². The van der Waals surface area contributed by atoms with E-state index in [1.54, 1.807) is 36.8 Å². The Labute approximate surface area is 146 Å². The van der Waals surface area contributed by atoms with E-state index in [0.29, 0.717) is 24.3 Å². The Hall–Kier alpha value is -2.92. The number of aromatic nitrogens is 2. The van der Waals surface area contributed by atoms with Crippen molar-refractivity contribution >= 4 is 6.29 Å². The lowest BCUT2D eigenvalue weighted by Crippen LogP contribution is -2.19. The third-order valence-electron chi connectivity index (χ3n) is 3.98. The van der Waals surface area contributed by atoms with Crippen LogP contribution in [0, 0.1) is 5.82 Å². The third-order valence-corrected chi connectivity index (χ3v) is 3.98. The Morgan fingerprint density at radius 2 is 1.76 bits per heavy atom. The first-order valence-electron chi connectivity index (χ1n) is 7.94. The number of hydrogen-bond donors (Lipinski definition) is 0. The van der Waals surface area contributed by atoms with Crippen LogP contribution in [0.25, 0.3) is 11.1 Å². The van der Waals surface area contributed by atoms with Crippen molar-refractivity contribution in [2.75, 3.05) is 7.05 Å². The van der Waals surface area contributed by atoms with Gasteiger partial charge < -0.3 is 0 Å². The Balaban J connectivity index is 1.73. The molecule has 0 spiro atoms. The van der Waals surface area contributed by atoms with Crippen molar-refractivity contribution in [3.63, 3.8) is 0 Å². The van der Waals surface area contributed by atoms with Crippen molar-refractivity contribution in [3.8, 4) is 11.1 Å². The van der Waals surface area contributed by atoms with Crippen LogP contribution >= 0.6 is 0 Å². The van der Waals surface area contributed by atoms with Crippen LogP contribution in [-0.2, 0) is 13.1 Å². The molecular weight excluding hydrogens is 317 g/mol. The molecule has 3 aromatic rings. The highest BCUT2D eigenvalue weighted by atomic mass is 19.1. The van der Waals surface area contributed by atoms with Gasteiger partial charge in [0.1, 0.15) is 11.5 Å². The van der Waals surface area contributed by atoms with E-state index in [0.717, 1.165) is 23.0 Å². The van der Waals surface area contributed by atoms with Gasteiger partial charge in [-0.05, 0) is 48.0 Å². The molecule has 126 valence electrons. The van der Waals surface area contributed by atoms with Gasteiger partial charge in [0.25, 0.3) is 0 Å². The summed E-state index contributed by atoms with van der Waals surface area (Å²) in [6.07, 6.45) is 5.71. The number of pyridine rings is 2. The molecule has 0 amide bonds. The molecule has 0 radical (unpaired) electrons. The lowest BCUT2D eigenvalue weighted by Gasteiger charge is -2.18. The average Bonchev–Trinajstić information content (AvgIpc) is 2.64. The summed E-state index contributed by atoms with van der Waals surface area (Å²) in [4.78, 5) is 21.0. The van der Waals surface area contributed by atoms with Gasteiger partial charge in [-0.15, -0.1) is 0 Å². The first kappa shape index (κ1) is 16.9. The monoisotopic (exact) mass is 335 g/mol. The largest absolute Gasteiger partial charge is 0.298 e. The number of nitrogens with zero attached hydrogens (tertiary/aromatic N) is 3. The molecule has 0 unspecified atom stereocenters. The average molecular weight is 335 g/mol. The zero-order valence-corrected chi connectivity index (χ0v) is 13.9. The minimum atomic E-state index is -0.247. The fourth-order valence-electron chi connectivity index (χ4n) is 2.73. The van der Waals surface area contributed by atoms with E-state index in [1.165, 1.54) is 0 Å². The quantitative estimate of drug-likeness (QED) is 0.644. The Kier molecular flexibility index (Phi) is 5.26. The molecule has 5 heteroatoms. The summed E-state index contributed by atoms with van der Waals surface area (Å²) < 4.78 is 14.5. The molecule has 0 aliphatic rings. The number of carbonyl (C=O) groups excluding carboxylic acids is 1. The summed E-state index contributed by atoms with van der Waals surface area (Å²) in [5.41, 5.74) is 3.61. The van der Waals surface area contributed by atoms with Crippen molar-refractivity contribution in [1.29, 1.82) is 0 Å². The summed E-state index contributed by atoms with van der Waals surface area (Å²) in [5, 5.41) is 0. The highest BCUT2D eigenvalue weighted by Gasteiger charge is 2.10. The number of hydrogen-bond acceptors (Lipinski definition) is 4. The van der Waals surface area contributed by atoms with Gasteiger partial charge in [0.2, 0.25) is 0 Å². The highest BCUT2D eigenvalue weighted by molar-refractivity contribution is 5.74. The van der Waals surface area contributed by atoms with Gasteiger partial charge in [0.15, 0.2) is 6.29 Å². The SMILES string of the molecule is CN(Cc1ccc(-c2ccncc2)cc1F)Cc1cccnc1C=O. The molecule has 25 heavy (non-hydrogen) atoms. The summed E-state index contributed by atoms with van der Waals surface area (Å²) in [6, 6.07) is 12.6. The molecule has 1 aromatic carbocycles. The van der Waals surface area contributed by atoms with Crippen LogP contribution < -0.4 is 0 Å². The fourth-order valence-corrected chi connectivity index (χ4v) is 2.73. The molecule has 0 N–H and O–H groups in total. The van der Waals surface area contributed by atoms with Gasteiger partial charge in [-0.1, -0.05) is 18.2 Å². The van der Waals surface area contributed by atoms with Crippen molar-refractivity contribution in [2.45, 2.75) is 13.1 Å². The second kappa shape index (κ2) is 7.77. The maximum absolute atomic E-state index is 14.5. The van der Waals surface area contributed by atoms with Gasteiger partial charge in [0.05, 0.1) is 0 Å². The first-order chi connectivity index (χ1) is 12.2. The highest BCUT2D eigenvalue weighted by Crippen LogP contribution is 2.22. The van der Waals surface area contributed by atoms with E-state index in [4.69, 9.17) is 0 Å². The van der Waals surface area contributed by atoms with E-state index in [1.807, 2.05) is 36.2 Å². The molecule has 0 bridgehead atoms. The minimum Gasteiger partial charge on any atom is -0.298 e. The molecule has 0 atom stereocenters. The molecule has 2 heterocycles. The van der Waals surface area contributed by atoms with Gasteiger partial charge >= 0.3 is 0 Å². The molecule has 4 nitrogen and oxygen atoms in total. The van der Waals surface area contributed by atoms with Crippen LogP contribution in [0.15, 0.2) is 61.1 Å². The van der Waals surface area contributed by atoms with Crippen LogP contribution in [-0.4, -0.2) is 28.2 Å². The van der Waals surface area contributed by atoms with Crippen LogP contribution in [0.2, 0.25) is 0 Å². The second-order valence-corrected chi connectivity index (χ2v) is 5.88. The molecule has 0 fully saturated rings. The van der Waals surface area contributed by atoms with Crippen LogP contribution in [0.5, 0.6) is 0 Å². The molecular formula is C20H18FN3O. The molecule has 2 aromatic heterocycles. The normalized spacial score (nSPS) is 10.8. The summed E-state index contributed by atoms with van der Waals surface area (Å²) in [5.74, 6) is -0.247. The standard InChI is InChI=1S/C20H18FN3O/c1-24(13-18-3-2-8-23-20(18)14-25)12-17-5-4-16(11-19(17)21)15-6-9-22-10-7-15/h2-11,14H,12-13H2,1H3. The topological polar surface area (TPSA) is 46.1 Å². The lowest BCUT2D eigenvalue weighted by molar-refractivity contribution is 0.111. The summed E-state index contributed by atoms with van der Waals surface area (Å²) >= 11 is 0. The predicted molar refractivity (Wildman–Crippen MR) is 94.4 cm³/mol. The fraction of sp³-hybridized carbons (Fsp3) is 0.150. The van der Waals surface area contributed by atoms with E-state index < -0.39 is 0 Å². The van der Waals surface area contributed by atoms with Gasteiger partial charge in [0, 0.05) is 37.2 Å². The smallest absolute Gasteiger partial charge is 0.168 e. The number of halogens is 1. The Bertz CT molecular complexity index is 868. The Morgan fingerprint density at radius 1 is 1.00 bits per heavy atom. The predicted octanol–water partition coefficient (Wildman–Crippen LogP) is 3.73. The van der Waals surface area contributed by atoms with E-state index >= 15 is 0 Å². The van der Waals surface area contributed by atoms with Crippen LogP contribution in [0.1, 0.15) is 21.6 Å². The van der Waals surface area contributed by atoms with Gasteiger partial charge in [-0.2, -0.15) is 0 Å². The maximum atomic E-state index is 14.5. The molecule has 0 saturated heterocycles. The minimum absolute atomic E-state index is 0.247. The number of aldehydes is 1. The number of rotatable bonds is 6. The van der Waals surface area contributed by atoms with Crippen LogP contribution in [0.4, 0.5) is 4.39 Å². The van der Waals surface area contributed by atoms with Gasteiger partial charge in [-0.3, -0.25) is 19.7 Å². The lowest BCUT2D eigenvalue weighted by atomic mass is 10.0. The summed E-state index contributed by atoms with van der Waals surface area (Å²) in [7, 11) is 1.89. The number of benzene rings is 1. The third kappa shape index (κ3) is 4.14. The van der Waals surface area contributed by atoms with E-state index in [9.17, 15) is 9.18 Å². The zero-order valence-electron chi connectivity index (χ0n) is 13.9. The van der Waals surface area contributed by atoms with Crippen molar-refractivity contribution in [3.05, 3.63) is 83.7 Å². The van der Waals surface area contributed by atoms with E-state index in [-0.39, 0.29) is 5.82 Å². The number of carbonyl (C=O) groups is 1. The first-order valence-corrected chi connectivity index (χ1v) is 7.94. The van der Waals surface area contributed by atoms with Crippen LogP contribution in [0.3, 0.4) is 0 Å². The Morgan fingerprint density at radius 3 is 2.48 bits per heavy atom. The molecule has 0 saturated carbocycles. The van der Waals surface area contributed by atoms with Gasteiger partial charge in [-0.25, -0.2) is 4.39 Å². The van der Waals surface area contributed by atoms with Crippen molar-refractivity contribution in [2.24, 2.45) is 0 Å². The van der Waals surface area contributed by atoms with Crippen molar-refractivity contribution < 1.29 is 9.18 Å². The molecule has 3 rings (SSSR count). The molecule has 0 aliphatic heterocycles. The second-order valence-electron chi connectivity index (χ2n) is 5.88.